The number of carbonyl (C=O) groups is 6. The Morgan fingerprint density at radius 3 is 2.24 bits per heavy atom. The summed E-state index contributed by atoms with van der Waals surface area (Å²) in [5, 5.41) is 20.3. The van der Waals surface area contributed by atoms with Crippen LogP contribution in [-0.2, 0) is 35.1 Å². The van der Waals surface area contributed by atoms with E-state index in [2.05, 4.69) is 37.2 Å². The Kier molecular flexibility index (Phi) is 18.7. The molecule has 1 aliphatic rings. The molecule has 0 saturated carbocycles. The molecule has 0 radical (unpaired) electrons. The Morgan fingerprint density at radius 1 is 0.907 bits per heavy atom. The van der Waals surface area contributed by atoms with Gasteiger partial charge in [-0.25, -0.2) is 9.59 Å². The van der Waals surface area contributed by atoms with Crippen LogP contribution in [-0.4, -0.2) is 84.0 Å². The second kappa shape index (κ2) is 23.1. The van der Waals surface area contributed by atoms with Gasteiger partial charge in [-0.1, -0.05) is 64.8 Å². The first-order valence-electron chi connectivity index (χ1n) is 18.4. The first kappa shape index (κ1) is 43.6. The largest absolute Gasteiger partial charge is 0.481 e. The van der Waals surface area contributed by atoms with Crippen LogP contribution >= 0.6 is 15.9 Å². The van der Waals surface area contributed by atoms with E-state index in [1.807, 2.05) is 54.6 Å². The quantitative estimate of drug-likeness (QED) is 0.0700. The molecule has 3 atom stereocenters. The van der Waals surface area contributed by atoms with Crippen LogP contribution in [0.2, 0.25) is 0 Å². The summed E-state index contributed by atoms with van der Waals surface area (Å²) in [4.78, 5) is 77.8. The number of aliphatic carboxylic acids is 1. The number of carboxylic acids is 1. The predicted molar refractivity (Wildman–Crippen MR) is 207 cm³/mol. The van der Waals surface area contributed by atoms with Gasteiger partial charge in [0.05, 0.1) is 24.6 Å². The molecular weight excluding hydrogens is 760 g/mol. The standard InChI is InChI=1S/C39H53BrN6O8/c1-3-54-38(52)36-26(2)46(39(53)45-37(36)28-15-17-29(40)18-16-28)23-9-13-32(47)43-30(12-7-8-21-41)25-34(49)44-31(19-14-27-10-5-4-6-11-27)24-33(48)42-22-20-35(50)51/h4-6,10-11,15-18,30-31,37H,3,7-9,12-14,19-25,41H2,1-2H3,(H,42,48)(H,43,47)(H,44,49)(H,45,53)(H,50,51)/t30-,31-,37?/m0/s1. The zero-order valence-electron chi connectivity index (χ0n) is 31.0. The van der Waals surface area contributed by atoms with E-state index in [1.54, 1.807) is 13.8 Å². The lowest BCUT2D eigenvalue weighted by molar-refractivity contribution is -0.139. The Balaban J connectivity index is 1.63. The molecule has 2 aromatic rings. The van der Waals surface area contributed by atoms with Gasteiger partial charge in [-0.3, -0.25) is 24.1 Å². The maximum absolute atomic E-state index is 13.4. The highest BCUT2D eigenvalue weighted by molar-refractivity contribution is 9.10. The molecule has 14 nitrogen and oxygen atoms in total. The molecule has 0 fully saturated rings. The molecule has 2 aromatic carbocycles. The number of nitrogens with two attached hydrogens (primary N) is 1. The molecule has 5 amide bonds. The average Bonchev–Trinajstić information content (AvgIpc) is 3.12. The average molecular weight is 814 g/mol. The third-order valence-electron chi connectivity index (χ3n) is 8.97. The van der Waals surface area contributed by atoms with Crippen molar-refractivity contribution in [3.05, 3.63) is 81.5 Å². The zero-order valence-corrected chi connectivity index (χ0v) is 32.6. The van der Waals surface area contributed by atoms with E-state index in [0.717, 1.165) is 15.6 Å². The van der Waals surface area contributed by atoms with Crippen molar-refractivity contribution < 1.29 is 38.6 Å². The van der Waals surface area contributed by atoms with E-state index < -0.39 is 36.1 Å². The fourth-order valence-corrected chi connectivity index (χ4v) is 6.48. The predicted octanol–water partition coefficient (Wildman–Crippen LogP) is 4.24. The minimum absolute atomic E-state index is 0.0138. The van der Waals surface area contributed by atoms with Crippen LogP contribution in [0.5, 0.6) is 0 Å². The monoisotopic (exact) mass is 812 g/mol. The van der Waals surface area contributed by atoms with E-state index >= 15 is 0 Å². The first-order valence-corrected chi connectivity index (χ1v) is 19.2. The van der Waals surface area contributed by atoms with Gasteiger partial charge in [0.2, 0.25) is 17.7 Å². The Labute approximate surface area is 325 Å². The fraction of sp³-hybridized carbons (Fsp3) is 0.487. The van der Waals surface area contributed by atoms with Crippen LogP contribution in [0.4, 0.5) is 4.79 Å². The van der Waals surface area contributed by atoms with E-state index in [1.165, 1.54) is 4.90 Å². The molecule has 1 aliphatic heterocycles. The lowest BCUT2D eigenvalue weighted by Crippen LogP contribution is -2.48. The van der Waals surface area contributed by atoms with Crippen LogP contribution in [0.15, 0.2) is 70.3 Å². The van der Waals surface area contributed by atoms with Crippen molar-refractivity contribution in [2.45, 2.75) is 96.2 Å². The van der Waals surface area contributed by atoms with E-state index in [9.17, 15) is 28.8 Å². The maximum Gasteiger partial charge on any atom is 0.338 e. The third-order valence-corrected chi connectivity index (χ3v) is 9.50. The number of benzene rings is 2. The molecular formula is C39H53BrN6O8. The van der Waals surface area contributed by atoms with E-state index in [0.29, 0.717) is 49.9 Å². The number of unbranched alkanes of at least 4 members (excludes halogenated alkanes) is 1. The lowest BCUT2D eigenvalue weighted by Gasteiger charge is -2.35. The topological polar surface area (TPSA) is 209 Å². The zero-order chi connectivity index (χ0) is 39.5. The molecule has 7 N–H and O–H groups in total. The van der Waals surface area contributed by atoms with Gasteiger partial charge in [-0.15, -0.1) is 0 Å². The molecule has 0 spiro atoms. The van der Waals surface area contributed by atoms with Crippen molar-refractivity contribution in [3.8, 4) is 0 Å². The number of amides is 5. The number of nitrogens with one attached hydrogen (secondary N) is 4. The minimum atomic E-state index is -1.02. The second-order valence-electron chi connectivity index (χ2n) is 13.1. The molecule has 3 rings (SSSR count). The van der Waals surface area contributed by atoms with E-state index in [-0.39, 0.29) is 69.5 Å². The van der Waals surface area contributed by atoms with Gasteiger partial charge in [0.1, 0.15) is 0 Å². The maximum atomic E-state index is 13.4. The normalized spacial score (nSPS) is 15.1. The number of hydrogen-bond donors (Lipinski definition) is 6. The van der Waals surface area contributed by atoms with Gasteiger partial charge in [0, 0.05) is 54.6 Å². The number of carbonyl (C=O) groups excluding carboxylic acids is 5. The number of hydrogen-bond acceptors (Lipinski definition) is 8. The number of aryl methyl sites for hydroxylation is 1. The van der Waals surface area contributed by atoms with Crippen LogP contribution in [0.25, 0.3) is 0 Å². The van der Waals surface area contributed by atoms with Crippen molar-refractivity contribution in [3.63, 3.8) is 0 Å². The summed E-state index contributed by atoms with van der Waals surface area (Å²) in [7, 11) is 0. The number of urea groups is 1. The lowest BCUT2D eigenvalue weighted by atomic mass is 9.95. The molecule has 0 aromatic heterocycles. The number of allylic oxidation sites excluding steroid dienone is 1. The Bertz CT molecular complexity index is 1600. The Morgan fingerprint density at radius 2 is 1.57 bits per heavy atom. The number of carboxylic acid groups (broad SMARTS) is 1. The first-order chi connectivity index (χ1) is 25.9. The van der Waals surface area contributed by atoms with Gasteiger partial charge in [-0.05, 0) is 75.8 Å². The van der Waals surface area contributed by atoms with Gasteiger partial charge in [-0.2, -0.15) is 0 Å². The number of halogens is 1. The summed E-state index contributed by atoms with van der Waals surface area (Å²) in [6, 6.07) is 14.8. The Hall–Kier alpha value is -4.76. The molecule has 54 heavy (non-hydrogen) atoms. The fourth-order valence-electron chi connectivity index (χ4n) is 6.21. The van der Waals surface area contributed by atoms with Crippen molar-refractivity contribution in [1.82, 2.24) is 26.2 Å². The van der Waals surface area contributed by atoms with Crippen LogP contribution in [0, 0.1) is 0 Å². The summed E-state index contributed by atoms with van der Waals surface area (Å²) in [5.41, 5.74) is 8.23. The molecule has 1 heterocycles. The molecule has 1 unspecified atom stereocenters. The highest BCUT2D eigenvalue weighted by atomic mass is 79.9. The van der Waals surface area contributed by atoms with Crippen LogP contribution in [0.1, 0.15) is 88.8 Å². The molecule has 294 valence electrons. The number of rotatable bonds is 23. The highest BCUT2D eigenvalue weighted by Gasteiger charge is 2.36. The van der Waals surface area contributed by atoms with Gasteiger partial charge < -0.3 is 36.8 Å². The van der Waals surface area contributed by atoms with Gasteiger partial charge in [0.15, 0.2) is 0 Å². The van der Waals surface area contributed by atoms with Crippen molar-refractivity contribution in [1.29, 1.82) is 0 Å². The number of nitrogens with zero attached hydrogens (tertiary/aromatic N) is 1. The van der Waals surface area contributed by atoms with Gasteiger partial charge in [0.25, 0.3) is 0 Å². The van der Waals surface area contributed by atoms with Crippen LogP contribution < -0.4 is 27.0 Å². The van der Waals surface area contributed by atoms with E-state index in [4.69, 9.17) is 15.6 Å². The number of esters is 1. The summed E-state index contributed by atoms with van der Waals surface area (Å²) < 4.78 is 6.20. The minimum Gasteiger partial charge on any atom is -0.481 e. The molecule has 0 aliphatic carbocycles. The summed E-state index contributed by atoms with van der Waals surface area (Å²) in [6.45, 7) is 4.18. The second-order valence-corrected chi connectivity index (χ2v) is 14.1. The van der Waals surface area contributed by atoms with Gasteiger partial charge >= 0.3 is 18.0 Å². The summed E-state index contributed by atoms with van der Waals surface area (Å²) in [6.07, 6.45) is 3.10. The summed E-state index contributed by atoms with van der Waals surface area (Å²) in [5.74, 6) is -2.55. The molecule has 15 heteroatoms. The number of ether oxygens (including phenoxy) is 1. The smallest absolute Gasteiger partial charge is 0.338 e. The third kappa shape index (κ3) is 14.9. The van der Waals surface area contributed by atoms with Crippen molar-refractivity contribution in [2.75, 3.05) is 26.2 Å². The van der Waals surface area contributed by atoms with Crippen molar-refractivity contribution >= 4 is 51.6 Å². The van der Waals surface area contributed by atoms with Crippen molar-refractivity contribution in [2.24, 2.45) is 5.73 Å². The highest BCUT2D eigenvalue weighted by Crippen LogP contribution is 2.32. The SMILES string of the molecule is CCOC(=O)C1=C(C)N(CCCC(=O)N[C@@H](CCCCN)CC(=O)N[C@@H](CCc2ccccc2)CC(=O)NCCC(=O)O)C(=O)NC1c1ccc(Br)cc1. The molecule has 0 bridgehead atoms. The molecule has 0 saturated heterocycles. The van der Waals surface area contributed by atoms with Crippen LogP contribution in [0.3, 0.4) is 0 Å². The summed E-state index contributed by atoms with van der Waals surface area (Å²) >= 11 is 3.41.